The number of carbonyl (C=O) groups is 4. The van der Waals surface area contributed by atoms with Crippen molar-refractivity contribution in [2.75, 3.05) is 39.6 Å². The highest BCUT2D eigenvalue weighted by Crippen LogP contribution is 2.45. The van der Waals surface area contributed by atoms with E-state index in [1.807, 2.05) is 12.2 Å². The van der Waals surface area contributed by atoms with E-state index in [0.717, 1.165) is 180 Å². The van der Waals surface area contributed by atoms with Gasteiger partial charge in [0.05, 0.1) is 26.4 Å². The van der Waals surface area contributed by atoms with Gasteiger partial charge in [0.15, 0.2) is 12.2 Å². The van der Waals surface area contributed by atoms with Crippen LogP contribution in [-0.4, -0.2) is 96.7 Å². The topological polar surface area (TPSA) is 237 Å². The van der Waals surface area contributed by atoms with Crippen molar-refractivity contribution in [2.45, 2.75) is 290 Å². The summed E-state index contributed by atoms with van der Waals surface area (Å²) in [6.07, 6.45) is 86.4. The van der Waals surface area contributed by atoms with Gasteiger partial charge >= 0.3 is 39.5 Å². The molecule has 17 nitrogen and oxygen atoms in total. The summed E-state index contributed by atoms with van der Waals surface area (Å²) in [5.41, 5.74) is 0. The smallest absolute Gasteiger partial charge is 0.462 e. The minimum absolute atomic E-state index is 0.0239. The van der Waals surface area contributed by atoms with E-state index in [9.17, 15) is 43.2 Å². The van der Waals surface area contributed by atoms with Gasteiger partial charge in [0.25, 0.3) is 0 Å². The molecule has 19 heteroatoms. The fraction of sp³-hybridized carbons (Fsp3) is 0.614. The Bertz CT molecular complexity index is 2600. The van der Waals surface area contributed by atoms with E-state index in [1.54, 1.807) is 0 Å². The lowest BCUT2D eigenvalue weighted by molar-refractivity contribution is -0.161. The number of aliphatic hydroxyl groups is 1. The molecule has 0 aromatic rings. The van der Waals surface area contributed by atoms with E-state index in [2.05, 4.69) is 186 Å². The predicted octanol–water partition coefficient (Wildman–Crippen LogP) is 22.2. The molecule has 0 aromatic carbocycles. The third-order valence-corrected chi connectivity index (χ3v) is 17.0. The van der Waals surface area contributed by atoms with Crippen molar-refractivity contribution in [2.24, 2.45) is 0 Å². The van der Waals surface area contributed by atoms with Gasteiger partial charge in [-0.05, 0) is 161 Å². The molecule has 0 spiro atoms. The van der Waals surface area contributed by atoms with Gasteiger partial charge in [0.1, 0.15) is 19.3 Å². The lowest BCUT2D eigenvalue weighted by Crippen LogP contribution is -2.30. The molecule has 0 saturated heterocycles. The molecule has 0 amide bonds. The van der Waals surface area contributed by atoms with E-state index in [1.165, 1.54) is 0 Å². The number of ether oxygens (including phenoxy) is 4. The first kappa shape index (κ1) is 96.4. The second kappa shape index (κ2) is 73.7. The molecule has 578 valence electrons. The highest BCUT2D eigenvalue weighted by Gasteiger charge is 2.30. The summed E-state index contributed by atoms with van der Waals surface area (Å²) in [5.74, 6) is -2.33. The fourth-order valence-electron chi connectivity index (χ4n) is 9.41. The van der Waals surface area contributed by atoms with Crippen LogP contribution in [0.1, 0.15) is 272 Å². The van der Waals surface area contributed by atoms with Crippen LogP contribution in [0.2, 0.25) is 0 Å². The molecule has 0 aliphatic carbocycles. The Morgan fingerprint density at radius 2 is 0.520 bits per heavy atom. The lowest BCUT2D eigenvalue weighted by Gasteiger charge is -2.21. The third-order valence-electron chi connectivity index (χ3n) is 15.1. The van der Waals surface area contributed by atoms with Crippen molar-refractivity contribution in [3.63, 3.8) is 0 Å². The van der Waals surface area contributed by atoms with Crippen LogP contribution in [0.5, 0.6) is 0 Å². The summed E-state index contributed by atoms with van der Waals surface area (Å²) in [5, 5.41) is 10.6. The van der Waals surface area contributed by atoms with Crippen molar-refractivity contribution in [3.05, 3.63) is 170 Å². The normalized spacial score (nSPS) is 14.9. The zero-order valence-corrected chi connectivity index (χ0v) is 64.8. The zero-order valence-electron chi connectivity index (χ0n) is 63.0. The predicted molar refractivity (Wildman–Crippen MR) is 417 cm³/mol. The second-order valence-electron chi connectivity index (χ2n) is 24.8. The first-order chi connectivity index (χ1) is 49.7. The highest BCUT2D eigenvalue weighted by molar-refractivity contribution is 7.47. The van der Waals surface area contributed by atoms with Crippen molar-refractivity contribution in [1.29, 1.82) is 0 Å². The van der Waals surface area contributed by atoms with E-state index in [0.29, 0.717) is 38.5 Å². The molecule has 0 fully saturated rings. The van der Waals surface area contributed by atoms with E-state index in [4.69, 9.17) is 37.0 Å². The zero-order chi connectivity index (χ0) is 74.6. The number of hydrogen-bond acceptors (Lipinski definition) is 15. The summed E-state index contributed by atoms with van der Waals surface area (Å²) >= 11 is 0. The Kier molecular flexibility index (Phi) is 69.7. The van der Waals surface area contributed by atoms with Crippen LogP contribution in [0, 0.1) is 0 Å². The number of aliphatic hydroxyl groups excluding tert-OH is 1. The number of hydrogen-bond donors (Lipinski definition) is 3. The first-order valence-corrected chi connectivity index (χ1v) is 41.4. The molecule has 0 aromatic heterocycles. The molecule has 0 aliphatic heterocycles. The molecule has 0 rings (SSSR count). The van der Waals surface area contributed by atoms with Gasteiger partial charge < -0.3 is 33.8 Å². The van der Waals surface area contributed by atoms with Crippen molar-refractivity contribution in [3.8, 4) is 0 Å². The molecule has 3 N–H and O–H groups in total. The van der Waals surface area contributed by atoms with E-state index >= 15 is 0 Å². The van der Waals surface area contributed by atoms with Crippen LogP contribution in [-0.2, 0) is 65.4 Å². The van der Waals surface area contributed by atoms with Crippen molar-refractivity contribution >= 4 is 39.5 Å². The van der Waals surface area contributed by atoms with Crippen molar-refractivity contribution in [1.82, 2.24) is 0 Å². The number of phosphoric ester groups is 2. The average Bonchev–Trinajstić information content (AvgIpc) is 0.939. The van der Waals surface area contributed by atoms with Crippen LogP contribution in [0.25, 0.3) is 0 Å². The number of rotatable bonds is 70. The standard InChI is InChI=1S/C83H134O17P2/c1-5-9-13-17-21-25-29-33-36-38-41-44-47-51-55-59-63-67-80(85)93-73-78(99-82(87)69-65-61-57-53-49-43-32-28-24-20-16-12-8-4)75-97-101(89,90)95-71-77(84)72-96-102(91,92)98-76-79(100-83(88)70-66-62-58-54-50-46-40-35-31-27-23-19-15-11-7-3)74-94-81(86)68-64-60-56-52-48-45-42-39-37-34-30-26-22-18-14-10-6-2/h9-11,13-16,20-23,25-28,32-37,40,42,45,50,52,54,56,77-79,84H,5-8,12,17-19,24,29-31,38-39,41,43-44,46-49,51,53,55,57-76H2,1-4H3,(H,89,90)(H,91,92)/b13-9-,14-10-,15-11-,20-16-,25-21-,26-22-,27-23-,32-28-,36-33-,37-34-,40-35-,45-42-,54-50-,56-52-. The van der Waals surface area contributed by atoms with Gasteiger partial charge in [0.2, 0.25) is 0 Å². The van der Waals surface area contributed by atoms with Gasteiger partial charge in [0, 0.05) is 25.7 Å². The van der Waals surface area contributed by atoms with Gasteiger partial charge in [-0.2, -0.15) is 0 Å². The molecule has 0 saturated carbocycles. The Hall–Kier alpha value is -5.58. The maximum atomic E-state index is 13.1. The van der Waals surface area contributed by atoms with Gasteiger partial charge in [-0.1, -0.05) is 256 Å². The second-order valence-corrected chi connectivity index (χ2v) is 27.7. The number of phosphoric acid groups is 2. The monoisotopic (exact) mass is 1460 g/mol. The SMILES string of the molecule is CC/C=C\C/C=C\C/C=C\C/C=C\C/C=C\CCCC(=O)OCC(COP(=O)(O)OCC(O)COP(=O)(O)OCC(COC(=O)CCCCCCCCC/C=C\C/C=C\C/C=C\CC)OC(=O)CCCCCCC/C=C\C/C=C\CCC)OC(=O)CCCC/C=C\C/C=C\C/C=C\C/C=C\CC. The third kappa shape index (κ3) is 72.8. The quantitative estimate of drug-likeness (QED) is 0.0169. The van der Waals surface area contributed by atoms with Gasteiger partial charge in [-0.15, -0.1) is 0 Å². The van der Waals surface area contributed by atoms with E-state index < -0.39 is 97.5 Å². The van der Waals surface area contributed by atoms with Crippen LogP contribution < -0.4 is 0 Å². The summed E-state index contributed by atoms with van der Waals surface area (Å²) in [7, 11) is -10.0. The molecule has 0 heterocycles. The molecular formula is C83H134O17P2. The maximum Gasteiger partial charge on any atom is 0.472 e. The molecular weight excluding hydrogens is 1330 g/mol. The summed E-state index contributed by atoms with van der Waals surface area (Å²) in [6, 6.07) is 0. The minimum Gasteiger partial charge on any atom is -0.462 e. The highest BCUT2D eigenvalue weighted by atomic mass is 31.2. The lowest BCUT2D eigenvalue weighted by atomic mass is 10.1. The average molecular weight is 1470 g/mol. The van der Waals surface area contributed by atoms with E-state index in [-0.39, 0.29) is 25.7 Å². The summed E-state index contributed by atoms with van der Waals surface area (Å²) < 4.78 is 68.4. The van der Waals surface area contributed by atoms with Gasteiger partial charge in [-0.25, -0.2) is 9.13 Å². The first-order valence-electron chi connectivity index (χ1n) is 38.4. The maximum absolute atomic E-state index is 13.1. The molecule has 0 bridgehead atoms. The number of unbranched alkanes of at least 4 members (excludes halogenated alkanes) is 16. The Balaban J connectivity index is 5.46. The van der Waals surface area contributed by atoms with Crippen molar-refractivity contribution < 1.29 is 80.2 Å². The van der Waals surface area contributed by atoms with Crippen LogP contribution in [0.15, 0.2) is 170 Å². The Morgan fingerprint density at radius 3 is 0.843 bits per heavy atom. The Morgan fingerprint density at radius 1 is 0.284 bits per heavy atom. The Labute approximate surface area is 616 Å². The largest absolute Gasteiger partial charge is 0.472 e. The van der Waals surface area contributed by atoms with Crippen LogP contribution in [0.4, 0.5) is 0 Å². The molecule has 5 atom stereocenters. The van der Waals surface area contributed by atoms with Gasteiger partial charge in [-0.3, -0.25) is 37.3 Å². The number of esters is 4. The molecule has 102 heavy (non-hydrogen) atoms. The minimum atomic E-state index is -5.01. The van der Waals surface area contributed by atoms with Crippen LogP contribution in [0.3, 0.4) is 0 Å². The summed E-state index contributed by atoms with van der Waals surface area (Å²) in [6.45, 7) is 4.30. The molecule has 5 unspecified atom stereocenters. The summed E-state index contributed by atoms with van der Waals surface area (Å²) in [4.78, 5) is 72.9. The van der Waals surface area contributed by atoms with Crippen LogP contribution >= 0.6 is 15.6 Å². The molecule has 0 aliphatic rings. The number of allylic oxidation sites excluding steroid dienone is 28. The fourth-order valence-corrected chi connectivity index (χ4v) is 11.0. The molecule has 0 radical (unpaired) electrons. The number of carbonyl (C=O) groups excluding carboxylic acids is 4.